The molecule has 0 heterocycles. The van der Waals surface area contributed by atoms with Crippen LogP contribution in [0.25, 0.3) is 0 Å². The minimum absolute atomic E-state index is 0.0594. The Hall–Kier alpha value is -2.80. The van der Waals surface area contributed by atoms with E-state index in [1.54, 1.807) is 29.2 Å². The lowest BCUT2D eigenvalue weighted by molar-refractivity contribution is -0.135. The number of nitrogens with zero attached hydrogens (tertiary/aromatic N) is 1. The third-order valence-corrected chi connectivity index (χ3v) is 4.85. The average molecular weight is 386 g/mol. The van der Waals surface area contributed by atoms with Crippen molar-refractivity contribution in [3.8, 4) is 0 Å². The molecule has 6 nitrogen and oxygen atoms in total. The van der Waals surface area contributed by atoms with Crippen LogP contribution in [0.3, 0.4) is 0 Å². The van der Waals surface area contributed by atoms with Crippen LogP contribution in [-0.2, 0) is 20.9 Å². The van der Waals surface area contributed by atoms with Crippen molar-refractivity contribution in [1.82, 2.24) is 4.90 Å². The van der Waals surface area contributed by atoms with Gasteiger partial charge in [0.2, 0.25) is 5.91 Å². The van der Waals surface area contributed by atoms with Gasteiger partial charge in [-0.25, -0.2) is 4.79 Å². The van der Waals surface area contributed by atoms with Crippen molar-refractivity contribution in [3.05, 3.63) is 65.7 Å². The summed E-state index contributed by atoms with van der Waals surface area (Å²) in [5.41, 5.74) is 6.47. The summed E-state index contributed by atoms with van der Waals surface area (Å²) in [4.78, 5) is 37.9. The lowest BCUT2D eigenvalue weighted by atomic mass is 10.2. The fourth-order valence-electron chi connectivity index (χ4n) is 2.39. The Kier molecular flexibility index (Phi) is 7.88. The first-order chi connectivity index (χ1) is 13.0. The number of carbonyl (C=O) groups excluding carboxylic acids is 3. The second-order valence-corrected chi connectivity index (χ2v) is 6.74. The van der Waals surface area contributed by atoms with Gasteiger partial charge >= 0.3 is 5.97 Å². The summed E-state index contributed by atoms with van der Waals surface area (Å²) in [6.45, 7) is 2.50. The van der Waals surface area contributed by atoms with Crippen molar-refractivity contribution in [2.75, 3.05) is 18.9 Å². The van der Waals surface area contributed by atoms with Crippen LogP contribution in [0, 0.1) is 0 Å². The third kappa shape index (κ3) is 6.45. The Morgan fingerprint density at radius 1 is 1.04 bits per heavy atom. The van der Waals surface area contributed by atoms with E-state index >= 15 is 0 Å². The maximum atomic E-state index is 12.4. The van der Waals surface area contributed by atoms with Gasteiger partial charge < -0.3 is 15.4 Å². The summed E-state index contributed by atoms with van der Waals surface area (Å²) in [6.07, 6.45) is 0. The smallest absolute Gasteiger partial charge is 0.339 e. The van der Waals surface area contributed by atoms with Crippen molar-refractivity contribution >= 4 is 29.5 Å². The van der Waals surface area contributed by atoms with E-state index in [4.69, 9.17) is 10.5 Å². The topological polar surface area (TPSA) is 89.7 Å². The van der Waals surface area contributed by atoms with Crippen LogP contribution in [0.2, 0.25) is 0 Å². The van der Waals surface area contributed by atoms with Crippen LogP contribution in [0.4, 0.5) is 0 Å². The molecule has 2 aromatic rings. The molecule has 0 unspecified atom stereocenters. The number of ether oxygens (including phenoxy) is 1. The van der Waals surface area contributed by atoms with E-state index < -0.39 is 11.9 Å². The molecule has 0 fully saturated rings. The molecule has 0 aliphatic carbocycles. The summed E-state index contributed by atoms with van der Waals surface area (Å²) < 4.78 is 5.20. The van der Waals surface area contributed by atoms with Crippen molar-refractivity contribution in [3.63, 3.8) is 0 Å². The van der Waals surface area contributed by atoms with Gasteiger partial charge in [-0.1, -0.05) is 42.5 Å². The van der Waals surface area contributed by atoms with Gasteiger partial charge in [0.15, 0.2) is 6.61 Å². The Bertz CT molecular complexity index is 796. The van der Waals surface area contributed by atoms with Crippen LogP contribution in [-0.4, -0.2) is 41.6 Å². The molecule has 7 heteroatoms. The predicted molar refractivity (Wildman–Crippen MR) is 104 cm³/mol. The summed E-state index contributed by atoms with van der Waals surface area (Å²) in [5, 5.41) is 0. The number of benzene rings is 2. The molecule has 0 spiro atoms. The lowest BCUT2D eigenvalue weighted by Gasteiger charge is -2.21. The minimum atomic E-state index is -0.605. The van der Waals surface area contributed by atoms with Crippen LogP contribution in [0.5, 0.6) is 0 Å². The highest BCUT2D eigenvalue weighted by Gasteiger charge is 2.18. The zero-order valence-electron chi connectivity index (χ0n) is 15.1. The molecule has 2 aromatic carbocycles. The van der Waals surface area contributed by atoms with E-state index in [-0.39, 0.29) is 18.3 Å². The van der Waals surface area contributed by atoms with Gasteiger partial charge in [0.05, 0.1) is 11.3 Å². The highest BCUT2D eigenvalue weighted by Crippen LogP contribution is 2.23. The first-order valence-electron chi connectivity index (χ1n) is 8.50. The maximum absolute atomic E-state index is 12.4. The number of carbonyl (C=O) groups is 3. The van der Waals surface area contributed by atoms with Gasteiger partial charge in [0.25, 0.3) is 5.91 Å². The quantitative estimate of drug-likeness (QED) is 0.528. The number of hydrogen-bond donors (Lipinski definition) is 1. The first-order valence-corrected chi connectivity index (χ1v) is 9.48. The maximum Gasteiger partial charge on any atom is 0.339 e. The molecule has 0 aliphatic rings. The molecule has 0 aliphatic heterocycles. The fraction of sp³-hybridized carbons (Fsp3) is 0.250. The van der Waals surface area contributed by atoms with E-state index in [1.807, 2.05) is 37.3 Å². The molecule has 0 radical (unpaired) electrons. The number of nitrogens with two attached hydrogens (primary N) is 1. The number of rotatable bonds is 9. The SMILES string of the molecule is CCN(Cc1ccccc1)C(=O)COC(=O)c1ccccc1SCC(N)=O. The number of hydrogen-bond acceptors (Lipinski definition) is 5. The summed E-state index contributed by atoms with van der Waals surface area (Å²) in [5.74, 6) is -1.29. The second kappa shape index (κ2) is 10.4. The van der Waals surface area contributed by atoms with Gasteiger partial charge in [0, 0.05) is 18.0 Å². The molecule has 2 rings (SSSR count). The minimum Gasteiger partial charge on any atom is -0.452 e. The standard InChI is InChI=1S/C20H22N2O4S/c1-2-22(12-15-8-4-3-5-9-15)19(24)13-26-20(25)16-10-6-7-11-17(16)27-14-18(21)23/h3-11H,2,12-14H2,1H3,(H2,21,23). The Labute approximate surface area is 162 Å². The molecule has 2 N–H and O–H groups in total. The van der Waals surface area contributed by atoms with Crippen molar-refractivity contribution < 1.29 is 19.1 Å². The Morgan fingerprint density at radius 3 is 2.37 bits per heavy atom. The molecule has 0 bridgehead atoms. The third-order valence-electron chi connectivity index (χ3n) is 3.75. The summed E-state index contributed by atoms with van der Waals surface area (Å²) >= 11 is 1.16. The zero-order chi connectivity index (χ0) is 19.6. The van der Waals surface area contributed by atoms with Crippen LogP contribution in [0.15, 0.2) is 59.5 Å². The van der Waals surface area contributed by atoms with Gasteiger partial charge in [-0.2, -0.15) is 0 Å². The number of thioether (sulfide) groups is 1. The zero-order valence-corrected chi connectivity index (χ0v) is 15.9. The van der Waals surface area contributed by atoms with E-state index in [0.29, 0.717) is 23.5 Å². The molecular weight excluding hydrogens is 364 g/mol. The molecule has 0 saturated carbocycles. The largest absolute Gasteiger partial charge is 0.452 e. The molecular formula is C20H22N2O4S. The van der Waals surface area contributed by atoms with Crippen LogP contribution >= 0.6 is 11.8 Å². The molecule has 0 atom stereocenters. The van der Waals surface area contributed by atoms with Crippen molar-refractivity contribution in [1.29, 1.82) is 0 Å². The first kappa shape index (κ1) is 20.5. The Morgan fingerprint density at radius 2 is 1.70 bits per heavy atom. The monoisotopic (exact) mass is 386 g/mol. The van der Waals surface area contributed by atoms with Crippen molar-refractivity contribution in [2.24, 2.45) is 5.73 Å². The number of amides is 2. The van der Waals surface area contributed by atoms with Gasteiger partial charge in [-0.15, -0.1) is 11.8 Å². The van der Waals surface area contributed by atoms with E-state index in [9.17, 15) is 14.4 Å². The fourth-order valence-corrected chi connectivity index (χ4v) is 3.17. The number of esters is 1. The summed E-state index contributed by atoms with van der Waals surface area (Å²) in [7, 11) is 0. The van der Waals surface area contributed by atoms with Gasteiger partial charge in [-0.05, 0) is 24.6 Å². The number of primary amides is 1. The second-order valence-electron chi connectivity index (χ2n) is 5.72. The van der Waals surface area contributed by atoms with E-state index in [0.717, 1.165) is 17.3 Å². The van der Waals surface area contributed by atoms with Crippen LogP contribution in [0.1, 0.15) is 22.8 Å². The number of likely N-dealkylation sites (N-methyl/N-ethyl adjacent to an activating group) is 1. The lowest BCUT2D eigenvalue weighted by Crippen LogP contribution is -2.34. The summed E-state index contributed by atoms with van der Waals surface area (Å²) in [6, 6.07) is 16.4. The Balaban J connectivity index is 1.96. The average Bonchev–Trinajstić information content (AvgIpc) is 2.69. The highest BCUT2D eigenvalue weighted by atomic mass is 32.2. The van der Waals surface area contributed by atoms with Crippen molar-refractivity contribution in [2.45, 2.75) is 18.4 Å². The van der Waals surface area contributed by atoms with E-state index in [1.165, 1.54) is 0 Å². The molecule has 0 aromatic heterocycles. The van der Waals surface area contributed by atoms with Gasteiger partial charge in [0.1, 0.15) is 0 Å². The van der Waals surface area contributed by atoms with Gasteiger partial charge in [-0.3, -0.25) is 9.59 Å². The molecule has 27 heavy (non-hydrogen) atoms. The van der Waals surface area contributed by atoms with Crippen LogP contribution < -0.4 is 5.73 Å². The highest BCUT2D eigenvalue weighted by molar-refractivity contribution is 8.00. The predicted octanol–water partition coefficient (Wildman–Crippen LogP) is 2.47. The molecule has 142 valence electrons. The molecule has 0 saturated heterocycles. The van der Waals surface area contributed by atoms with E-state index in [2.05, 4.69) is 0 Å². The molecule has 2 amide bonds. The normalized spacial score (nSPS) is 10.3.